The predicted octanol–water partition coefficient (Wildman–Crippen LogP) is 2.81. The lowest BCUT2D eigenvalue weighted by Crippen LogP contribution is -2.24. The van der Waals surface area contributed by atoms with Crippen molar-refractivity contribution in [1.29, 1.82) is 0 Å². The van der Waals surface area contributed by atoms with E-state index in [2.05, 4.69) is 12.1 Å². The van der Waals surface area contributed by atoms with Gasteiger partial charge in [0.1, 0.15) is 5.75 Å². The predicted molar refractivity (Wildman–Crippen MR) is 75.5 cm³/mol. The molecule has 1 saturated carbocycles. The summed E-state index contributed by atoms with van der Waals surface area (Å²) < 4.78 is 11.1. The SMILES string of the molecule is COc1ccc(CCOC2CCC(CO)CC2)cc1. The smallest absolute Gasteiger partial charge is 0.118 e. The van der Waals surface area contributed by atoms with Gasteiger partial charge >= 0.3 is 0 Å². The molecule has 106 valence electrons. The third-order valence-corrected chi connectivity index (χ3v) is 3.96. The van der Waals surface area contributed by atoms with Crippen LogP contribution in [-0.4, -0.2) is 31.5 Å². The molecule has 2 rings (SSSR count). The molecule has 0 unspecified atom stereocenters. The van der Waals surface area contributed by atoms with E-state index in [-0.39, 0.29) is 0 Å². The molecule has 1 fully saturated rings. The number of rotatable bonds is 6. The second-order valence-corrected chi connectivity index (χ2v) is 5.29. The molecule has 19 heavy (non-hydrogen) atoms. The zero-order chi connectivity index (χ0) is 13.5. The Labute approximate surface area is 115 Å². The second-order valence-electron chi connectivity index (χ2n) is 5.29. The van der Waals surface area contributed by atoms with Crippen LogP contribution in [0.4, 0.5) is 0 Å². The van der Waals surface area contributed by atoms with Crippen molar-refractivity contribution in [3.8, 4) is 5.75 Å². The maximum atomic E-state index is 9.09. The first-order chi connectivity index (χ1) is 9.31. The highest BCUT2D eigenvalue weighted by molar-refractivity contribution is 5.27. The Morgan fingerprint density at radius 1 is 1.11 bits per heavy atom. The van der Waals surface area contributed by atoms with Crippen LogP contribution in [0.1, 0.15) is 31.2 Å². The minimum absolute atomic E-state index is 0.332. The minimum Gasteiger partial charge on any atom is -0.497 e. The molecule has 0 heterocycles. The van der Waals surface area contributed by atoms with Crippen molar-refractivity contribution in [3.05, 3.63) is 29.8 Å². The van der Waals surface area contributed by atoms with Gasteiger partial charge in [0.05, 0.1) is 19.8 Å². The van der Waals surface area contributed by atoms with Gasteiger partial charge in [-0.25, -0.2) is 0 Å². The van der Waals surface area contributed by atoms with Gasteiger partial charge in [-0.3, -0.25) is 0 Å². The maximum absolute atomic E-state index is 9.09. The van der Waals surface area contributed by atoms with E-state index in [1.165, 1.54) is 5.56 Å². The van der Waals surface area contributed by atoms with Crippen molar-refractivity contribution >= 4 is 0 Å². The summed E-state index contributed by atoms with van der Waals surface area (Å²) >= 11 is 0. The lowest BCUT2D eigenvalue weighted by Gasteiger charge is -2.27. The van der Waals surface area contributed by atoms with Gasteiger partial charge in [-0.1, -0.05) is 12.1 Å². The van der Waals surface area contributed by atoms with Gasteiger partial charge < -0.3 is 14.6 Å². The first-order valence-corrected chi connectivity index (χ1v) is 7.17. The number of hydrogen-bond donors (Lipinski definition) is 1. The lowest BCUT2D eigenvalue weighted by molar-refractivity contribution is 0.0129. The molecule has 0 radical (unpaired) electrons. The second kappa shape index (κ2) is 7.51. The summed E-state index contributed by atoms with van der Waals surface area (Å²) in [6.07, 6.45) is 5.72. The summed E-state index contributed by atoms with van der Waals surface area (Å²) in [6, 6.07) is 8.15. The van der Waals surface area contributed by atoms with Gasteiger partial charge in [0, 0.05) is 6.61 Å². The van der Waals surface area contributed by atoms with Crippen LogP contribution in [-0.2, 0) is 11.2 Å². The third-order valence-electron chi connectivity index (χ3n) is 3.96. The van der Waals surface area contributed by atoms with Crippen LogP contribution in [0.2, 0.25) is 0 Å². The van der Waals surface area contributed by atoms with Gasteiger partial charge in [0.25, 0.3) is 0 Å². The Morgan fingerprint density at radius 3 is 2.37 bits per heavy atom. The molecule has 1 aliphatic carbocycles. The summed E-state index contributed by atoms with van der Waals surface area (Å²) in [5.74, 6) is 1.40. The fraction of sp³-hybridized carbons (Fsp3) is 0.625. The average molecular weight is 264 g/mol. The van der Waals surface area contributed by atoms with Crippen LogP contribution >= 0.6 is 0 Å². The standard InChI is InChI=1S/C16H24O3/c1-18-15-6-2-13(3-7-15)10-11-19-16-8-4-14(12-17)5-9-16/h2-3,6-7,14,16-17H,4-5,8-12H2,1H3. The largest absolute Gasteiger partial charge is 0.497 e. The van der Waals surface area contributed by atoms with Crippen molar-refractivity contribution in [2.75, 3.05) is 20.3 Å². The molecule has 3 heteroatoms. The van der Waals surface area contributed by atoms with E-state index in [9.17, 15) is 0 Å². The number of aliphatic hydroxyl groups excluding tert-OH is 1. The normalized spacial score (nSPS) is 23.3. The molecule has 1 aromatic rings. The first kappa shape index (κ1) is 14.4. The summed E-state index contributed by atoms with van der Waals surface area (Å²) in [6.45, 7) is 1.11. The Bertz CT molecular complexity index is 353. The van der Waals surface area contributed by atoms with Gasteiger partial charge in [0.2, 0.25) is 0 Å². The number of methoxy groups -OCH3 is 1. The highest BCUT2D eigenvalue weighted by Gasteiger charge is 2.20. The van der Waals surface area contributed by atoms with E-state index in [1.807, 2.05) is 12.1 Å². The van der Waals surface area contributed by atoms with Crippen LogP contribution in [0.3, 0.4) is 0 Å². The van der Waals surface area contributed by atoms with Gasteiger partial charge in [-0.05, 0) is 55.7 Å². The van der Waals surface area contributed by atoms with E-state index in [1.54, 1.807) is 7.11 Å². The molecule has 0 spiro atoms. The summed E-state index contributed by atoms with van der Waals surface area (Å²) in [5.41, 5.74) is 1.28. The topological polar surface area (TPSA) is 38.7 Å². The zero-order valence-electron chi connectivity index (χ0n) is 11.7. The number of ether oxygens (including phenoxy) is 2. The van der Waals surface area contributed by atoms with E-state index in [0.717, 1.165) is 44.5 Å². The van der Waals surface area contributed by atoms with Crippen molar-refractivity contribution in [1.82, 2.24) is 0 Å². The number of benzene rings is 1. The Morgan fingerprint density at radius 2 is 1.79 bits per heavy atom. The van der Waals surface area contributed by atoms with Crippen LogP contribution in [0.25, 0.3) is 0 Å². The highest BCUT2D eigenvalue weighted by Crippen LogP contribution is 2.25. The van der Waals surface area contributed by atoms with Crippen LogP contribution in [0.5, 0.6) is 5.75 Å². The maximum Gasteiger partial charge on any atom is 0.118 e. The van der Waals surface area contributed by atoms with E-state index >= 15 is 0 Å². The highest BCUT2D eigenvalue weighted by atomic mass is 16.5. The molecule has 0 bridgehead atoms. The number of aliphatic hydroxyl groups is 1. The van der Waals surface area contributed by atoms with Crippen molar-refractivity contribution < 1.29 is 14.6 Å². The van der Waals surface area contributed by atoms with E-state index in [0.29, 0.717) is 18.6 Å². The molecular formula is C16H24O3. The summed E-state index contributed by atoms with van der Waals surface area (Å²) in [7, 11) is 1.68. The zero-order valence-corrected chi connectivity index (χ0v) is 11.7. The molecule has 0 aromatic heterocycles. The molecule has 0 atom stereocenters. The summed E-state index contributed by atoms with van der Waals surface area (Å²) in [4.78, 5) is 0. The molecule has 1 aromatic carbocycles. The van der Waals surface area contributed by atoms with Crippen LogP contribution in [0.15, 0.2) is 24.3 Å². The molecule has 0 saturated heterocycles. The van der Waals surface area contributed by atoms with Gasteiger partial charge in [-0.15, -0.1) is 0 Å². The minimum atomic E-state index is 0.332. The van der Waals surface area contributed by atoms with Crippen molar-refractivity contribution in [3.63, 3.8) is 0 Å². The lowest BCUT2D eigenvalue weighted by atomic mass is 9.88. The number of hydrogen-bond acceptors (Lipinski definition) is 3. The molecule has 3 nitrogen and oxygen atoms in total. The van der Waals surface area contributed by atoms with Crippen LogP contribution < -0.4 is 4.74 Å². The molecule has 0 amide bonds. The summed E-state index contributed by atoms with van der Waals surface area (Å²) in [5, 5.41) is 9.09. The van der Waals surface area contributed by atoms with Gasteiger partial charge in [0.15, 0.2) is 0 Å². The van der Waals surface area contributed by atoms with Crippen molar-refractivity contribution in [2.24, 2.45) is 5.92 Å². The van der Waals surface area contributed by atoms with E-state index < -0.39 is 0 Å². The first-order valence-electron chi connectivity index (χ1n) is 7.17. The Hall–Kier alpha value is -1.06. The molecule has 1 aliphatic rings. The molecule has 1 N–H and O–H groups in total. The fourth-order valence-electron chi connectivity index (χ4n) is 2.62. The molecular weight excluding hydrogens is 240 g/mol. The Kier molecular flexibility index (Phi) is 5.67. The van der Waals surface area contributed by atoms with Gasteiger partial charge in [-0.2, -0.15) is 0 Å². The van der Waals surface area contributed by atoms with E-state index in [4.69, 9.17) is 14.6 Å². The quantitative estimate of drug-likeness (QED) is 0.858. The monoisotopic (exact) mass is 264 g/mol. The molecule has 0 aliphatic heterocycles. The fourth-order valence-corrected chi connectivity index (χ4v) is 2.62. The average Bonchev–Trinajstić information content (AvgIpc) is 2.49. The third kappa shape index (κ3) is 4.51. The van der Waals surface area contributed by atoms with Crippen LogP contribution in [0, 0.1) is 5.92 Å². The van der Waals surface area contributed by atoms with Crippen molar-refractivity contribution in [2.45, 2.75) is 38.2 Å². The Balaban J connectivity index is 1.66.